The van der Waals surface area contributed by atoms with Crippen LogP contribution in [0.25, 0.3) is 10.8 Å². The zero-order chi connectivity index (χ0) is 22.3. The van der Waals surface area contributed by atoms with Gasteiger partial charge in [0.25, 0.3) is 0 Å². The summed E-state index contributed by atoms with van der Waals surface area (Å²) < 4.78 is 12.7. The van der Waals surface area contributed by atoms with Gasteiger partial charge in [-0.1, -0.05) is 12.1 Å². The van der Waals surface area contributed by atoms with Crippen molar-refractivity contribution < 1.29 is 14.3 Å². The molecule has 1 aromatic heterocycles. The van der Waals surface area contributed by atoms with Crippen LogP contribution in [0.15, 0.2) is 54.9 Å². The van der Waals surface area contributed by atoms with Gasteiger partial charge in [0.05, 0.1) is 17.8 Å². The van der Waals surface area contributed by atoms with Crippen LogP contribution >= 0.6 is 0 Å². The molecule has 2 saturated carbocycles. The number of amides is 2. The first-order chi connectivity index (χ1) is 16.2. The lowest BCUT2D eigenvalue weighted by Crippen LogP contribution is -2.50. The van der Waals surface area contributed by atoms with Gasteiger partial charge < -0.3 is 20.1 Å². The number of carbonyl (C=O) groups excluding carboxylic acids is 1. The number of rotatable bonds is 4. The van der Waals surface area contributed by atoms with E-state index in [1.54, 1.807) is 12.4 Å². The zero-order valence-corrected chi connectivity index (χ0v) is 18.7. The van der Waals surface area contributed by atoms with E-state index >= 15 is 0 Å². The first-order valence-electron chi connectivity index (χ1n) is 12.1. The summed E-state index contributed by atoms with van der Waals surface area (Å²) in [7, 11) is 0. The minimum absolute atomic E-state index is 0.105. The van der Waals surface area contributed by atoms with Crippen LogP contribution in [-0.4, -0.2) is 22.7 Å². The molecule has 1 spiro atoms. The van der Waals surface area contributed by atoms with Crippen LogP contribution in [0.1, 0.15) is 63.0 Å². The monoisotopic (exact) mass is 443 g/mol. The summed E-state index contributed by atoms with van der Waals surface area (Å²) in [6.45, 7) is 0. The summed E-state index contributed by atoms with van der Waals surface area (Å²) in [5, 5.41) is 8.23. The van der Waals surface area contributed by atoms with E-state index in [0.717, 1.165) is 72.0 Å². The van der Waals surface area contributed by atoms with Crippen molar-refractivity contribution in [3.8, 4) is 11.5 Å². The highest BCUT2D eigenvalue weighted by Crippen LogP contribution is 2.49. The highest BCUT2D eigenvalue weighted by Gasteiger charge is 2.46. The third-order valence-corrected chi connectivity index (χ3v) is 7.37. The lowest BCUT2D eigenvalue weighted by Gasteiger charge is -2.48. The van der Waals surface area contributed by atoms with E-state index in [1.807, 2.05) is 36.4 Å². The quantitative estimate of drug-likeness (QED) is 0.509. The number of nitrogens with zero attached hydrogens (tertiary/aromatic N) is 1. The number of ether oxygens (including phenoxy) is 2. The minimum Gasteiger partial charge on any atom is -0.490 e. The second kappa shape index (κ2) is 8.25. The highest BCUT2D eigenvalue weighted by molar-refractivity contribution is 6.01. The van der Waals surface area contributed by atoms with Gasteiger partial charge in [0.1, 0.15) is 17.1 Å². The molecule has 6 rings (SSSR count). The third kappa shape index (κ3) is 3.99. The van der Waals surface area contributed by atoms with Crippen LogP contribution in [0.4, 0.5) is 10.5 Å². The summed E-state index contributed by atoms with van der Waals surface area (Å²) in [4.78, 5) is 17.2. The van der Waals surface area contributed by atoms with Crippen molar-refractivity contribution in [2.45, 2.75) is 69.1 Å². The second-order valence-corrected chi connectivity index (χ2v) is 9.62. The van der Waals surface area contributed by atoms with Gasteiger partial charge in [-0.3, -0.25) is 4.98 Å². The van der Waals surface area contributed by atoms with E-state index in [9.17, 15) is 4.79 Å². The summed E-state index contributed by atoms with van der Waals surface area (Å²) >= 11 is 0. The first-order valence-corrected chi connectivity index (χ1v) is 12.1. The van der Waals surface area contributed by atoms with Crippen molar-refractivity contribution in [3.63, 3.8) is 0 Å². The SMILES string of the molecule is O=C(Nc1cccc2cnccc12)NC1CC2(CCC2)Oc2cc(OC3CCCC3)ccc21. The van der Waals surface area contributed by atoms with E-state index in [-0.39, 0.29) is 17.7 Å². The molecule has 1 atom stereocenters. The van der Waals surface area contributed by atoms with E-state index in [2.05, 4.69) is 21.7 Å². The van der Waals surface area contributed by atoms with Crippen LogP contribution in [0.5, 0.6) is 11.5 Å². The molecule has 2 N–H and O–H groups in total. The Balaban J connectivity index is 1.23. The van der Waals surface area contributed by atoms with E-state index in [4.69, 9.17) is 9.47 Å². The van der Waals surface area contributed by atoms with Gasteiger partial charge in [0, 0.05) is 41.2 Å². The van der Waals surface area contributed by atoms with Crippen LogP contribution in [-0.2, 0) is 0 Å². The average molecular weight is 444 g/mol. The van der Waals surface area contributed by atoms with Crippen LogP contribution in [0.2, 0.25) is 0 Å². The number of aromatic nitrogens is 1. The smallest absolute Gasteiger partial charge is 0.319 e. The molecular weight excluding hydrogens is 414 g/mol. The highest BCUT2D eigenvalue weighted by atomic mass is 16.5. The molecule has 2 heterocycles. The predicted octanol–water partition coefficient (Wildman–Crippen LogP) is 6.12. The molecule has 2 aromatic carbocycles. The van der Waals surface area contributed by atoms with Crippen LogP contribution in [0.3, 0.4) is 0 Å². The van der Waals surface area contributed by atoms with Gasteiger partial charge in [-0.2, -0.15) is 0 Å². The number of hydrogen-bond donors (Lipinski definition) is 2. The van der Waals surface area contributed by atoms with Crippen molar-refractivity contribution in [2.24, 2.45) is 0 Å². The Morgan fingerprint density at radius 3 is 2.79 bits per heavy atom. The molecule has 2 amide bonds. The van der Waals surface area contributed by atoms with E-state index in [0.29, 0.717) is 6.10 Å². The van der Waals surface area contributed by atoms with Gasteiger partial charge >= 0.3 is 6.03 Å². The second-order valence-electron chi connectivity index (χ2n) is 9.62. The summed E-state index contributed by atoms with van der Waals surface area (Å²) in [6.07, 6.45) is 12.6. The first kappa shape index (κ1) is 20.3. The molecule has 170 valence electrons. The fraction of sp³-hybridized carbons (Fsp3) is 0.407. The fourth-order valence-corrected chi connectivity index (χ4v) is 5.47. The Kier molecular flexibility index (Phi) is 5.08. The molecule has 0 saturated heterocycles. The van der Waals surface area contributed by atoms with Crippen molar-refractivity contribution >= 4 is 22.5 Å². The van der Waals surface area contributed by atoms with Crippen molar-refractivity contribution in [2.75, 3.05) is 5.32 Å². The minimum atomic E-state index is -0.210. The Morgan fingerprint density at radius 1 is 1.09 bits per heavy atom. The summed E-state index contributed by atoms with van der Waals surface area (Å²) in [5.74, 6) is 1.71. The number of fused-ring (bicyclic) bond motifs is 2. The molecule has 6 heteroatoms. The predicted molar refractivity (Wildman–Crippen MR) is 128 cm³/mol. The molecular formula is C27H29N3O3. The number of benzene rings is 2. The maximum Gasteiger partial charge on any atom is 0.319 e. The molecule has 2 aliphatic carbocycles. The van der Waals surface area contributed by atoms with Crippen molar-refractivity contribution in [3.05, 3.63) is 60.4 Å². The van der Waals surface area contributed by atoms with Gasteiger partial charge in [-0.15, -0.1) is 0 Å². The number of anilines is 1. The third-order valence-electron chi connectivity index (χ3n) is 7.37. The standard InChI is InChI=1S/C27H29N3O3/c31-26(29-23-8-3-5-18-17-28-14-11-21(18)23)30-24-16-27(12-4-13-27)33-25-15-20(9-10-22(24)25)32-19-6-1-2-7-19/h3,5,8-11,14-15,17,19,24H,1-2,4,6-7,12-13,16H2,(H2,29,30,31). The molecule has 2 fully saturated rings. The molecule has 6 nitrogen and oxygen atoms in total. The molecule has 0 radical (unpaired) electrons. The van der Waals surface area contributed by atoms with Gasteiger partial charge in [0.15, 0.2) is 0 Å². The van der Waals surface area contributed by atoms with Crippen LogP contribution < -0.4 is 20.1 Å². The van der Waals surface area contributed by atoms with Crippen molar-refractivity contribution in [1.82, 2.24) is 10.3 Å². The Hall–Kier alpha value is -3.28. The molecule has 33 heavy (non-hydrogen) atoms. The maximum absolute atomic E-state index is 13.0. The van der Waals surface area contributed by atoms with E-state index < -0.39 is 0 Å². The summed E-state index contributed by atoms with van der Waals surface area (Å²) in [6, 6.07) is 13.5. The van der Waals surface area contributed by atoms with Crippen LogP contribution in [0, 0.1) is 0 Å². The van der Waals surface area contributed by atoms with Gasteiger partial charge in [0.2, 0.25) is 0 Å². The normalized spacial score (nSPS) is 21.2. The molecule has 1 aliphatic heterocycles. The number of pyridine rings is 1. The zero-order valence-electron chi connectivity index (χ0n) is 18.7. The maximum atomic E-state index is 13.0. The van der Waals surface area contributed by atoms with Gasteiger partial charge in [-0.25, -0.2) is 4.79 Å². The number of carbonyl (C=O) groups is 1. The van der Waals surface area contributed by atoms with Crippen molar-refractivity contribution in [1.29, 1.82) is 0 Å². The summed E-state index contributed by atoms with van der Waals surface area (Å²) in [5.41, 5.74) is 1.61. The largest absolute Gasteiger partial charge is 0.490 e. The van der Waals surface area contributed by atoms with Gasteiger partial charge in [-0.05, 0) is 69.2 Å². The van der Waals surface area contributed by atoms with E-state index in [1.165, 1.54) is 12.8 Å². The average Bonchev–Trinajstić information content (AvgIpc) is 3.31. The number of nitrogens with one attached hydrogen (secondary N) is 2. The number of urea groups is 1. The molecule has 0 bridgehead atoms. The lowest BCUT2D eigenvalue weighted by molar-refractivity contribution is -0.0356. The Bertz CT molecular complexity index is 1180. The Labute approximate surface area is 193 Å². The lowest BCUT2D eigenvalue weighted by atomic mass is 9.73. The Morgan fingerprint density at radius 2 is 1.97 bits per heavy atom. The molecule has 1 unspecified atom stereocenters. The number of hydrogen-bond acceptors (Lipinski definition) is 4. The molecule has 3 aromatic rings. The fourth-order valence-electron chi connectivity index (χ4n) is 5.47. The topological polar surface area (TPSA) is 72.5 Å². The molecule has 3 aliphatic rings.